The van der Waals surface area contributed by atoms with E-state index >= 15 is 0 Å². The molecule has 0 aliphatic rings. The van der Waals surface area contributed by atoms with Crippen LogP contribution in [-0.4, -0.2) is 36.5 Å². The van der Waals surface area contributed by atoms with Gasteiger partial charge in [-0.3, -0.25) is 9.59 Å². The van der Waals surface area contributed by atoms with Crippen molar-refractivity contribution < 1.29 is 14.3 Å². The molecule has 25 heavy (non-hydrogen) atoms. The van der Waals surface area contributed by atoms with Gasteiger partial charge in [-0.2, -0.15) is 0 Å². The zero-order valence-electron chi connectivity index (χ0n) is 13.8. The van der Waals surface area contributed by atoms with E-state index in [1.54, 1.807) is 29.6 Å². The van der Waals surface area contributed by atoms with Gasteiger partial charge >= 0.3 is 0 Å². The van der Waals surface area contributed by atoms with Gasteiger partial charge in [0.2, 0.25) is 5.91 Å². The summed E-state index contributed by atoms with van der Waals surface area (Å²) in [6, 6.07) is 7.02. The second-order valence-corrected chi connectivity index (χ2v) is 5.80. The fraction of sp³-hybridized carbons (Fsp3) is 0.312. The lowest BCUT2D eigenvalue weighted by molar-refractivity contribution is -0.115. The standard InChI is InChI=1S/C16H20N4O3S.ClH/c1-2-23-12-5-3-11(4-6-12)19-14(21)9-18-16(22)13-10-24-15(20-13)7-8-17;/h3-6,10H,2,7-9,17H2,1H3,(H,18,22)(H,19,21);1H. The second kappa shape index (κ2) is 10.7. The maximum absolute atomic E-state index is 11.9. The van der Waals surface area contributed by atoms with Crippen molar-refractivity contribution in [1.82, 2.24) is 10.3 Å². The third kappa shape index (κ3) is 6.69. The third-order valence-electron chi connectivity index (χ3n) is 3.00. The quantitative estimate of drug-likeness (QED) is 0.643. The molecule has 0 radical (unpaired) electrons. The Morgan fingerprint density at radius 1 is 1.28 bits per heavy atom. The molecule has 2 aromatic rings. The van der Waals surface area contributed by atoms with E-state index in [1.165, 1.54) is 11.3 Å². The number of amides is 2. The molecule has 1 aromatic heterocycles. The highest BCUT2D eigenvalue weighted by Crippen LogP contribution is 2.15. The lowest BCUT2D eigenvalue weighted by Crippen LogP contribution is -2.33. The van der Waals surface area contributed by atoms with Crippen LogP contribution in [-0.2, 0) is 11.2 Å². The molecule has 1 aromatic carbocycles. The van der Waals surface area contributed by atoms with Gasteiger partial charge in [-0.25, -0.2) is 4.98 Å². The number of carbonyl (C=O) groups is 2. The number of ether oxygens (including phenoxy) is 1. The predicted molar refractivity (Wildman–Crippen MR) is 101 cm³/mol. The summed E-state index contributed by atoms with van der Waals surface area (Å²) in [5.41, 5.74) is 6.39. The van der Waals surface area contributed by atoms with Crippen molar-refractivity contribution in [2.75, 3.05) is 25.0 Å². The maximum Gasteiger partial charge on any atom is 0.271 e. The van der Waals surface area contributed by atoms with E-state index in [4.69, 9.17) is 10.5 Å². The number of aromatic nitrogens is 1. The number of thiazole rings is 1. The average Bonchev–Trinajstić information content (AvgIpc) is 3.04. The number of nitrogens with two attached hydrogens (primary N) is 1. The van der Waals surface area contributed by atoms with E-state index in [1.807, 2.05) is 6.92 Å². The Kier molecular flexibility index (Phi) is 8.90. The lowest BCUT2D eigenvalue weighted by atomic mass is 10.3. The van der Waals surface area contributed by atoms with Crippen molar-refractivity contribution >= 4 is 41.2 Å². The van der Waals surface area contributed by atoms with Crippen molar-refractivity contribution in [3.05, 3.63) is 40.3 Å². The topological polar surface area (TPSA) is 106 Å². The van der Waals surface area contributed by atoms with Crippen LogP contribution in [0.4, 0.5) is 5.69 Å². The molecule has 136 valence electrons. The van der Waals surface area contributed by atoms with Crippen LogP contribution in [0.5, 0.6) is 5.75 Å². The molecule has 0 aliphatic carbocycles. The van der Waals surface area contributed by atoms with Crippen LogP contribution < -0.4 is 21.1 Å². The summed E-state index contributed by atoms with van der Waals surface area (Å²) in [6.07, 6.45) is 0.635. The van der Waals surface area contributed by atoms with Gasteiger partial charge in [0.1, 0.15) is 11.4 Å². The Morgan fingerprint density at radius 2 is 2.00 bits per heavy atom. The maximum atomic E-state index is 11.9. The third-order valence-corrected chi connectivity index (χ3v) is 3.91. The number of hydrogen-bond acceptors (Lipinski definition) is 6. The van der Waals surface area contributed by atoms with E-state index in [2.05, 4.69) is 15.6 Å². The van der Waals surface area contributed by atoms with Gasteiger partial charge in [-0.1, -0.05) is 0 Å². The molecule has 0 aliphatic heterocycles. The first-order chi connectivity index (χ1) is 11.6. The Balaban J connectivity index is 0.00000312. The van der Waals surface area contributed by atoms with E-state index in [-0.39, 0.29) is 30.8 Å². The second-order valence-electron chi connectivity index (χ2n) is 4.85. The van der Waals surface area contributed by atoms with Crippen LogP contribution in [0.15, 0.2) is 29.6 Å². The Morgan fingerprint density at radius 3 is 2.64 bits per heavy atom. The van der Waals surface area contributed by atoms with Gasteiger partial charge in [-0.05, 0) is 37.7 Å². The Hall–Kier alpha value is -2.16. The first-order valence-electron chi connectivity index (χ1n) is 7.57. The normalized spacial score (nSPS) is 9.84. The van der Waals surface area contributed by atoms with E-state index in [0.717, 1.165) is 10.8 Å². The number of nitrogens with zero attached hydrogens (tertiary/aromatic N) is 1. The summed E-state index contributed by atoms with van der Waals surface area (Å²) >= 11 is 1.38. The molecule has 9 heteroatoms. The van der Waals surface area contributed by atoms with E-state index < -0.39 is 0 Å². The minimum absolute atomic E-state index is 0. The van der Waals surface area contributed by atoms with Gasteiger partial charge in [0.05, 0.1) is 18.2 Å². The molecular weight excluding hydrogens is 364 g/mol. The Bertz CT molecular complexity index is 691. The molecule has 1 heterocycles. The molecule has 0 fully saturated rings. The van der Waals surface area contributed by atoms with Crippen molar-refractivity contribution in [2.24, 2.45) is 5.73 Å². The van der Waals surface area contributed by atoms with Crippen LogP contribution in [0, 0.1) is 0 Å². The fourth-order valence-electron chi connectivity index (χ4n) is 1.91. The number of rotatable bonds is 8. The van der Waals surface area contributed by atoms with Crippen LogP contribution >= 0.6 is 23.7 Å². The van der Waals surface area contributed by atoms with Crippen molar-refractivity contribution in [1.29, 1.82) is 0 Å². The predicted octanol–water partition coefficient (Wildman–Crippen LogP) is 1.83. The van der Waals surface area contributed by atoms with Crippen molar-refractivity contribution in [3.8, 4) is 5.75 Å². The molecule has 0 atom stereocenters. The molecule has 0 spiro atoms. The molecule has 2 amide bonds. The minimum Gasteiger partial charge on any atom is -0.494 e. The van der Waals surface area contributed by atoms with Gasteiger partial charge in [-0.15, -0.1) is 23.7 Å². The Labute approximate surface area is 156 Å². The monoisotopic (exact) mass is 384 g/mol. The SMILES string of the molecule is CCOc1ccc(NC(=O)CNC(=O)c2csc(CCN)n2)cc1.Cl. The number of carbonyl (C=O) groups excluding carboxylic acids is 2. The van der Waals surface area contributed by atoms with Crippen LogP contribution in [0.3, 0.4) is 0 Å². The van der Waals surface area contributed by atoms with Gasteiger partial charge in [0, 0.05) is 17.5 Å². The first kappa shape index (κ1) is 20.9. The van der Waals surface area contributed by atoms with Crippen LogP contribution in [0.2, 0.25) is 0 Å². The highest BCUT2D eigenvalue weighted by molar-refractivity contribution is 7.09. The van der Waals surface area contributed by atoms with E-state index in [0.29, 0.717) is 31.0 Å². The van der Waals surface area contributed by atoms with Gasteiger partial charge in [0.25, 0.3) is 5.91 Å². The van der Waals surface area contributed by atoms with Gasteiger partial charge in [0.15, 0.2) is 0 Å². The number of anilines is 1. The molecule has 4 N–H and O–H groups in total. The summed E-state index contributed by atoms with van der Waals surface area (Å²) < 4.78 is 5.33. The van der Waals surface area contributed by atoms with Crippen molar-refractivity contribution in [2.45, 2.75) is 13.3 Å². The minimum atomic E-state index is -0.378. The molecule has 0 saturated heterocycles. The summed E-state index contributed by atoms with van der Waals surface area (Å²) in [5.74, 6) is 0.0434. The molecule has 0 saturated carbocycles. The van der Waals surface area contributed by atoms with Crippen molar-refractivity contribution in [3.63, 3.8) is 0 Å². The summed E-state index contributed by atoms with van der Waals surface area (Å²) in [5, 5.41) is 7.71. The number of hydrogen-bond donors (Lipinski definition) is 3. The molecular formula is C16H21ClN4O3S. The smallest absolute Gasteiger partial charge is 0.271 e. The van der Waals surface area contributed by atoms with Crippen LogP contribution in [0.25, 0.3) is 0 Å². The molecule has 7 nitrogen and oxygen atoms in total. The highest BCUT2D eigenvalue weighted by atomic mass is 35.5. The average molecular weight is 385 g/mol. The highest BCUT2D eigenvalue weighted by Gasteiger charge is 2.12. The van der Waals surface area contributed by atoms with Gasteiger partial charge < -0.3 is 21.1 Å². The zero-order chi connectivity index (χ0) is 17.4. The largest absolute Gasteiger partial charge is 0.494 e. The van der Waals surface area contributed by atoms with E-state index in [9.17, 15) is 9.59 Å². The lowest BCUT2D eigenvalue weighted by Gasteiger charge is -2.07. The number of halogens is 1. The summed E-state index contributed by atoms with van der Waals surface area (Å²) in [6.45, 7) is 2.84. The number of benzene rings is 1. The molecule has 2 rings (SSSR count). The molecule has 0 unspecified atom stereocenters. The molecule has 0 bridgehead atoms. The van der Waals surface area contributed by atoms with Crippen LogP contribution in [0.1, 0.15) is 22.4 Å². The fourth-order valence-corrected chi connectivity index (χ4v) is 2.71. The first-order valence-corrected chi connectivity index (χ1v) is 8.45. The summed E-state index contributed by atoms with van der Waals surface area (Å²) in [7, 11) is 0. The number of nitrogens with one attached hydrogen (secondary N) is 2. The zero-order valence-corrected chi connectivity index (χ0v) is 15.4. The summed E-state index contributed by atoms with van der Waals surface area (Å²) in [4.78, 5) is 28.0.